The monoisotopic (exact) mass is 397 g/mol. The summed E-state index contributed by atoms with van der Waals surface area (Å²) >= 11 is 7.07. The fourth-order valence-corrected chi connectivity index (χ4v) is 3.02. The van der Waals surface area contributed by atoms with Crippen molar-refractivity contribution in [2.45, 2.75) is 13.0 Å². The van der Waals surface area contributed by atoms with E-state index in [-0.39, 0.29) is 6.04 Å². The van der Waals surface area contributed by atoms with Crippen molar-refractivity contribution in [2.75, 3.05) is 13.7 Å². The van der Waals surface area contributed by atoms with Gasteiger partial charge in [-0.2, -0.15) is 0 Å². The highest BCUT2D eigenvalue weighted by atomic mass is 79.9. The highest BCUT2D eigenvalue weighted by Crippen LogP contribution is 2.33. The lowest BCUT2D eigenvalue weighted by atomic mass is 9.98. The molecule has 0 spiro atoms. The first-order chi connectivity index (χ1) is 9.65. The topological polar surface area (TPSA) is 21.3 Å². The molecule has 0 aliphatic rings. The minimum Gasteiger partial charge on any atom is -0.494 e. The van der Waals surface area contributed by atoms with Crippen LogP contribution in [0, 0.1) is 0 Å². The van der Waals surface area contributed by atoms with Gasteiger partial charge in [-0.15, -0.1) is 0 Å². The smallest absolute Gasteiger partial charge is 0.124 e. The molecule has 0 radical (unpaired) electrons. The van der Waals surface area contributed by atoms with E-state index in [1.165, 1.54) is 5.56 Å². The van der Waals surface area contributed by atoms with Crippen LogP contribution in [0.1, 0.15) is 24.1 Å². The van der Waals surface area contributed by atoms with Crippen LogP contribution in [0.5, 0.6) is 5.75 Å². The maximum absolute atomic E-state index is 5.75. The zero-order valence-corrected chi connectivity index (χ0v) is 14.7. The molecule has 106 valence electrons. The van der Waals surface area contributed by atoms with E-state index in [9.17, 15) is 0 Å². The molecule has 1 N–H and O–H groups in total. The van der Waals surface area contributed by atoms with Gasteiger partial charge in [-0.3, -0.25) is 0 Å². The van der Waals surface area contributed by atoms with Crippen LogP contribution in [-0.2, 0) is 0 Å². The molecule has 0 aliphatic heterocycles. The van der Waals surface area contributed by atoms with Crippen LogP contribution < -0.4 is 10.1 Å². The van der Waals surface area contributed by atoms with E-state index < -0.39 is 0 Å². The lowest BCUT2D eigenvalue weighted by Crippen LogP contribution is -2.18. The molecule has 0 bridgehead atoms. The Bertz CT molecular complexity index is 586. The van der Waals surface area contributed by atoms with Gasteiger partial charge in [0.1, 0.15) is 5.75 Å². The van der Waals surface area contributed by atoms with Crippen molar-refractivity contribution in [3.63, 3.8) is 0 Å². The van der Waals surface area contributed by atoms with Gasteiger partial charge < -0.3 is 10.1 Å². The number of ether oxygens (including phenoxy) is 1. The molecule has 0 heterocycles. The van der Waals surface area contributed by atoms with Crippen LogP contribution in [-0.4, -0.2) is 13.7 Å². The Labute approximate surface area is 136 Å². The Hall–Kier alpha value is -0.840. The summed E-state index contributed by atoms with van der Waals surface area (Å²) in [7, 11) is 1.96. The second-order valence-corrected chi connectivity index (χ2v) is 6.22. The van der Waals surface area contributed by atoms with Gasteiger partial charge in [-0.1, -0.05) is 44.0 Å². The van der Waals surface area contributed by atoms with E-state index in [1.54, 1.807) is 0 Å². The third-order valence-electron chi connectivity index (χ3n) is 3.05. The summed E-state index contributed by atoms with van der Waals surface area (Å²) in [5.41, 5.74) is 2.32. The van der Waals surface area contributed by atoms with Crippen molar-refractivity contribution in [2.24, 2.45) is 0 Å². The Kier molecular flexibility index (Phi) is 5.64. The molecule has 2 nitrogen and oxygen atoms in total. The Morgan fingerprint density at radius 1 is 1.10 bits per heavy atom. The third-order valence-corrected chi connectivity index (χ3v) is 4.04. The molecular formula is C16H17Br2NO. The zero-order valence-electron chi connectivity index (χ0n) is 11.5. The quantitative estimate of drug-likeness (QED) is 0.771. The summed E-state index contributed by atoms with van der Waals surface area (Å²) in [6.45, 7) is 2.66. The number of rotatable bonds is 5. The summed E-state index contributed by atoms with van der Waals surface area (Å²) in [5, 5.41) is 3.37. The van der Waals surface area contributed by atoms with Crippen LogP contribution in [0.4, 0.5) is 0 Å². The van der Waals surface area contributed by atoms with Crippen molar-refractivity contribution in [3.05, 3.63) is 62.5 Å². The van der Waals surface area contributed by atoms with Crippen LogP contribution in [0.3, 0.4) is 0 Å². The van der Waals surface area contributed by atoms with E-state index in [2.05, 4.69) is 55.4 Å². The van der Waals surface area contributed by atoms with Gasteiger partial charge in [0.15, 0.2) is 0 Å². The number of halogens is 2. The van der Waals surface area contributed by atoms with E-state index in [0.717, 1.165) is 20.3 Å². The van der Waals surface area contributed by atoms with Crippen LogP contribution >= 0.6 is 31.9 Å². The molecule has 0 saturated carbocycles. The summed E-state index contributed by atoms with van der Waals surface area (Å²) in [6.07, 6.45) is 0. The minimum absolute atomic E-state index is 0.0894. The molecule has 1 atom stereocenters. The molecular weight excluding hydrogens is 382 g/mol. The van der Waals surface area contributed by atoms with Crippen LogP contribution in [0.2, 0.25) is 0 Å². The predicted molar refractivity (Wildman–Crippen MR) is 90.4 cm³/mol. The first kappa shape index (κ1) is 15.5. The second-order valence-electron chi connectivity index (χ2n) is 4.39. The zero-order chi connectivity index (χ0) is 14.5. The number of nitrogens with one attached hydrogen (secondary N) is 1. The van der Waals surface area contributed by atoms with Crippen molar-refractivity contribution in [3.8, 4) is 5.75 Å². The number of hydrogen-bond donors (Lipinski definition) is 1. The van der Waals surface area contributed by atoms with Gasteiger partial charge in [0.05, 0.1) is 12.6 Å². The molecule has 2 aromatic carbocycles. The Balaban J connectivity index is 2.48. The Morgan fingerprint density at radius 2 is 1.85 bits per heavy atom. The molecule has 0 aromatic heterocycles. The van der Waals surface area contributed by atoms with Gasteiger partial charge in [0.25, 0.3) is 0 Å². The third kappa shape index (κ3) is 3.62. The molecule has 1 unspecified atom stereocenters. The van der Waals surface area contributed by atoms with E-state index >= 15 is 0 Å². The molecule has 2 aromatic rings. The molecule has 2 rings (SSSR count). The van der Waals surface area contributed by atoms with Gasteiger partial charge in [0, 0.05) is 14.5 Å². The fourth-order valence-electron chi connectivity index (χ4n) is 2.22. The maximum Gasteiger partial charge on any atom is 0.124 e. The largest absolute Gasteiger partial charge is 0.494 e. The average molecular weight is 399 g/mol. The van der Waals surface area contributed by atoms with Gasteiger partial charge in [0.2, 0.25) is 0 Å². The first-order valence-electron chi connectivity index (χ1n) is 6.50. The highest BCUT2D eigenvalue weighted by Gasteiger charge is 2.17. The van der Waals surface area contributed by atoms with Crippen LogP contribution in [0.15, 0.2) is 51.4 Å². The minimum atomic E-state index is 0.0894. The summed E-state index contributed by atoms with van der Waals surface area (Å²) in [5.74, 6) is 0.912. The van der Waals surface area contributed by atoms with Gasteiger partial charge in [-0.05, 0) is 49.9 Å². The van der Waals surface area contributed by atoms with Crippen molar-refractivity contribution in [1.29, 1.82) is 0 Å². The SMILES string of the molecule is CCOc1ccc(Br)cc1C(NC)c1cccc(Br)c1. The number of benzene rings is 2. The lowest BCUT2D eigenvalue weighted by molar-refractivity contribution is 0.334. The standard InChI is InChI=1S/C16H17Br2NO/c1-3-20-15-8-7-13(18)10-14(15)16(19-2)11-5-4-6-12(17)9-11/h4-10,16,19H,3H2,1-2H3. The van der Waals surface area contributed by atoms with E-state index in [1.807, 2.05) is 38.2 Å². The molecule has 20 heavy (non-hydrogen) atoms. The van der Waals surface area contributed by atoms with Gasteiger partial charge >= 0.3 is 0 Å². The highest BCUT2D eigenvalue weighted by molar-refractivity contribution is 9.10. The predicted octanol–water partition coefficient (Wildman–Crippen LogP) is 4.92. The van der Waals surface area contributed by atoms with Gasteiger partial charge in [-0.25, -0.2) is 0 Å². The molecule has 0 fully saturated rings. The average Bonchev–Trinajstić information content (AvgIpc) is 2.43. The van der Waals surface area contributed by atoms with E-state index in [0.29, 0.717) is 6.61 Å². The summed E-state index contributed by atoms with van der Waals surface area (Å²) < 4.78 is 7.87. The lowest BCUT2D eigenvalue weighted by Gasteiger charge is -2.21. The normalized spacial score (nSPS) is 12.2. The molecule has 0 amide bonds. The molecule has 0 aliphatic carbocycles. The molecule has 0 saturated heterocycles. The van der Waals surface area contributed by atoms with Crippen LogP contribution in [0.25, 0.3) is 0 Å². The maximum atomic E-state index is 5.75. The Morgan fingerprint density at radius 3 is 2.50 bits per heavy atom. The molecule has 4 heteroatoms. The van der Waals surface area contributed by atoms with E-state index in [4.69, 9.17) is 4.74 Å². The first-order valence-corrected chi connectivity index (χ1v) is 8.09. The summed E-state index contributed by atoms with van der Waals surface area (Å²) in [4.78, 5) is 0. The van der Waals surface area contributed by atoms with Crippen molar-refractivity contribution in [1.82, 2.24) is 5.32 Å². The van der Waals surface area contributed by atoms with Crippen molar-refractivity contribution >= 4 is 31.9 Å². The summed E-state index contributed by atoms with van der Waals surface area (Å²) in [6, 6.07) is 14.5. The number of hydrogen-bond acceptors (Lipinski definition) is 2. The van der Waals surface area contributed by atoms with Crippen molar-refractivity contribution < 1.29 is 4.74 Å². The second kappa shape index (κ2) is 7.25. The fraction of sp³-hybridized carbons (Fsp3) is 0.250.